The summed E-state index contributed by atoms with van der Waals surface area (Å²) < 4.78 is 5.24. The van der Waals surface area contributed by atoms with Crippen molar-refractivity contribution in [2.24, 2.45) is 5.92 Å². The Morgan fingerprint density at radius 2 is 1.63 bits per heavy atom. The van der Waals surface area contributed by atoms with Gasteiger partial charge < -0.3 is 4.74 Å². The van der Waals surface area contributed by atoms with Crippen molar-refractivity contribution in [3.05, 3.63) is 0 Å². The number of hydrogen-bond donors (Lipinski definition) is 0. The van der Waals surface area contributed by atoms with E-state index >= 15 is 0 Å². The topological polar surface area (TPSA) is 26.3 Å². The van der Waals surface area contributed by atoms with E-state index in [-0.39, 0.29) is 5.97 Å². The zero-order valence-corrected chi connectivity index (χ0v) is 12.8. The Morgan fingerprint density at radius 1 is 0.947 bits per heavy atom. The summed E-state index contributed by atoms with van der Waals surface area (Å²) in [6.45, 7) is 2.82. The van der Waals surface area contributed by atoms with Crippen LogP contribution in [-0.2, 0) is 9.53 Å². The van der Waals surface area contributed by atoms with E-state index in [1.54, 1.807) is 0 Å². The first-order valence-corrected chi connectivity index (χ1v) is 8.48. The molecule has 0 radical (unpaired) electrons. The third-order valence-electron chi connectivity index (χ3n) is 3.95. The van der Waals surface area contributed by atoms with E-state index < -0.39 is 0 Å². The highest BCUT2D eigenvalue weighted by Crippen LogP contribution is 2.34. The molecule has 1 rings (SSSR count). The predicted octanol–water partition coefficient (Wildman–Crippen LogP) is 5.25. The normalized spacial score (nSPS) is 14.6. The van der Waals surface area contributed by atoms with Crippen LogP contribution in [0.3, 0.4) is 0 Å². The molecule has 0 aliphatic heterocycles. The molecular formula is C17H32O2. The van der Waals surface area contributed by atoms with Crippen molar-refractivity contribution in [3.63, 3.8) is 0 Å². The van der Waals surface area contributed by atoms with Crippen molar-refractivity contribution in [2.75, 3.05) is 6.61 Å². The van der Waals surface area contributed by atoms with Gasteiger partial charge in [0.25, 0.3) is 0 Å². The zero-order chi connectivity index (χ0) is 13.8. The van der Waals surface area contributed by atoms with Crippen molar-refractivity contribution in [1.82, 2.24) is 0 Å². The summed E-state index contributed by atoms with van der Waals surface area (Å²) in [5.74, 6) is 1.08. The smallest absolute Gasteiger partial charge is 0.305 e. The molecule has 0 aromatic heterocycles. The van der Waals surface area contributed by atoms with E-state index in [0.717, 1.165) is 25.2 Å². The maximum atomic E-state index is 11.4. The fraction of sp³-hybridized carbons (Fsp3) is 0.941. The summed E-state index contributed by atoms with van der Waals surface area (Å²) in [6, 6.07) is 0. The molecule has 0 aromatic carbocycles. The van der Waals surface area contributed by atoms with Gasteiger partial charge in [-0.15, -0.1) is 0 Å². The minimum absolute atomic E-state index is 0.00448. The van der Waals surface area contributed by atoms with Gasteiger partial charge in [-0.2, -0.15) is 0 Å². The van der Waals surface area contributed by atoms with Crippen molar-refractivity contribution in [3.8, 4) is 0 Å². The van der Waals surface area contributed by atoms with Crippen LogP contribution in [0.1, 0.15) is 90.4 Å². The van der Waals surface area contributed by atoms with Gasteiger partial charge in [0, 0.05) is 6.42 Å². The van der Waals surface area contributed by atoms with Gasteiger partial charge >= 0.3 is 5.97 Å². The van der Waals surface area contributed by atoms with E-state index in [4.69, 9.17) is 4.74 Å². The largest absolute Gasteiger partial charge is 0.466 e. The lowest BCUT2D eigenvalue weighted by atomic mass is 10.1. The van der Waals surface area contributed by atoms with Crippen molar-refractivity contribution in [2.45, 2.75) is 90.4 Å². The molecule has 0 saturated heterocycles. The Labute approximate surface area is 119 Å². The standard InChI is InChI=1S/C17H32O2/c1-2-3-4-9-12-17(18)19-15-10-7-5-6-8-11-16-13-14-16/h16H,2-15H2,1H3. The third kappa shape index (κ3) is 11.0. The lowest BCUT2D eigenvalue weighted by Crippen LogP contribution is -2.05. The molecule has 1 saturated carbocycles. The van der Waals surface area contributed by atoms with Crippen LogP contribution in [-0.4, -0.2) is 12.6 Å². The van der Waals surface area contributed by atoms with Crippen LogP contribution < -0.4 is 0 Å². The average Bonchev–Trinajstić information content (AvgIpc) is 3.22. The third-order valence-corrected chi connectivity index (χ3v) is 3.95. The summed E-state index contributed by atoms with van der Waals surface area (Å²) >= 11 is 0. The van der Waals surface area contributed by atoms with Crippen LogP contribution in [0.25, 0.3) is 0 Å². The Bertz CT molecular complexity index is 221. The van der Waals surface area contributed by atoms with Crippen molar-refractivity contribution in [1.29, 1.82) is 0 Å². The molecule has 0 N–H and O–H groups in total. The second-order valence-corrected chi connectivity index (χ2v) is 6.03. The van der Waals surface area contributed by atoms with E-state index in [0.29, 0.717) is 13.0 Å². The molecule has 19 heavy (non-hydrogen) atoms. The second kappa shape index (κ2) is 11.3. The Balaban J connectivity index is 1.72. The predicted molar refractivity (Wildman–Crippen MR) is 80.1 cm³/mol. The summed E-state index contributed by atoms with van der Waals surface area (Å²) in [6.07, 6.45) is 16.0. The van der Waals surface area contributed by atoms with Crippen LogP contribution in [0.15, 0.2) is 0 Å². The first kappa shape index (κ1) is 16.5. The van der Waals surface area contributed by atoms with E-state index in [1.165, 1.54) is 57.8 Å². The van der Waals surface area contributed by atoms with Crippen LogP contribution >= 0.6 is 0 Å². The highest BCUT2D eigenvalue weighted by molar-refractivity contribution is 5.69. The number of rotatable bonds is 13. The molecule has 1 fully saturated rings. The van der Waals surface area contributed by atoms with Gasteiger partial charge in [0.1, 0.15) is 0 Å². The zero-order valence-electron chi connectivity index (χ0n) is 12.8. The van der Waals surface area contributed by atoms with Crippen molar-refractivity contribution < 1.29 is 9.53 Å². The average molecular weight is 268 g/mol. The second-order valence-electron chi connectivity index (χ2n) is 6.03. The molecule has 0 amide bonds. The molecule has 1 aliphatic carbocycles. The van der Waals surface area contributed by atoms with Gasteiger partial charge in [0.05, 0.1) is 6.61 Å². The maximum Gasteiger partial charge on any atom is 0.305 e. The molecule has 0 aromatic rings. The molecule has 112 valence electrons. The minimum Gasteiger partial charge on any atom is -0.466 e. The van der Waals surface area contributed by atoms with Crippen LogP contribution in [0.5, 0.6) is 0 Å². The number of esters is 1. The number of hydrogen-bond acceptors (Lipinski definition) is 2. The van der Waals surface area contributed by atoms with Gasteiger partial charge in [-0.25, -0.2) is 0 Å². The first-order chi connectivity index (χ1) is 9.33. The summed E-state index contributed by atoms with van der Waals surface area (Å²) in [4.78, 5) is 11.4. The van der Waals surface area contributed by atoms with Crippen molar-refractivity contribution >= 4 is 5.97 Å². The van der Waals surface area contributed by atoms with E-state index in [2.05, 4.69) is 6.92 Å². The van der Waals surface area contributed by atoms with Gasteiger partial charge in [0.2, 0.25) is 0 Å². The van der Waals surface area contributed by atoms with Gasteiger partial charge in [0.15, 0.2) is 0 Å². The van der Waals surface area contributed by atoms with Gasteiger partial charge in [-0.05, 0) is 18.8 Å². The molecule has 0 atom stereocenters. The summed E-state index contributed by atoms with van der Waals surface area (Å²) in [7, 11) is 0. The highest BCUT2D eigenvalue weighted by atomic mass is 16.5. The molecule has 1 aliphatic rings. The molecule has 2 heteroatoms. The Morgan fingerprint density at radius 3 is 2.37 bits per heavy atom. The molecular weight excluding hydrogens is 236 g/mol. The van der Waals surface area contributed by atoms with Crippen LogP contribution in [0.4, 0.5) is 0 Å². The molecule has 0 heterocycles. The molecule has 0 bridgehead atoms. The number of unbranched alkanes of at least 4 members (excludes halogenated alkanes) is 7. The molecule has 2 nitrogen and oxygen atoms in total. The lowest BCUT2D eigenvalue weighted by Gasteiger charge is -2.05. The summed E-state index contributed by atoms with van der Waals surface area (Å²) in [5, 5.41) is 0. The first-order valence-electron chi connectivity index (χ1n) is 8.48. The van der Waals surface area contributed by atoms with Gasteiger partial charge in [-0.3, -0.25) is 4.79 Å². The Kier molecular flexibility index (Phi) is 9.84. The number of ether oxygens (including phenoxy) is 1. The SMILES string of the molecule is CCCCCCC(=O)OCCCCCCCC1CC1. The van der Waals surface area contributed by atoms with Crippen LogP contribution in [0.2, 0.25) is 0 Å². The fourth-order valence-electron chi connectivity index (χ4n) is 2.43. The Hall–Kier alpha value is -0.530. The quantitative estimate of drug-likeness (QED) is 0.337. The van der Waals surface area contributed by atoms with Gasteiger partial charge in [-0.1, -0.05) is 71.1 Å². The van der Waals surface area contributed by atoms with E-state index in [1.807, 2.05) is 0 Å². The maximum absolute atomic E-state index is 11.4. The highest BCUT2D eigenvalue weighted by Gasteiger charge is 2.19. The number of carbonyl (C=O) groups excluding carboxylic acids is 1. The fourth-order valence-corrected chi connectivity index (χ4v) is 2.43. The monoisotopic (exact) mass is 268 g/mol. The molecule has 0 spiro atoms. The summed E-state index contributed by atoms with van der Waals surface area (Å²) in [5.41, 5.74) is 0. The van der Waals surface area contributed by atoms with E-state index in [9.17, 15) is 4.79 Å². The number of carbonyl (C=O) groups is 1. The van der Waals surface area contributed by atoms with Crippen LogP contribution in [0, 0.1) is 5.92 Å². The lowest BCUT2D eigenvalue weighted by molar-refractivity contribution is -0.143. The molecule has 0 unspecified atom stereocenters. The minimum atomic E-state index is 0.00448.